The molecule has 1 aromatic carbocycles. The van der Waals surface area contributed by atoms with E-state index in [1.807, 2.05) is 0 Å². The predicted octanol–water partition coefficient (Wildman–Crippen LogP) is 3.24. The van der Waals surface area contributed by atoms with Crippen LogP contribution in [-0.4, -0.2) is 25.1 Å². The van der Waals surface area contributed by atoms with Crippen molar-refractivity contribution in [1.82, 2.24) is 20.2 Å². The molecule has 22 heavy (non-hydrogen) atoms. The molecule has 0 aliphatic carbocycles. The average Bonchev–Trinajstić information content (AvgIpc) is 2.97. The van der Waals surface area contributed by atoms with Crippen molar-refractivity contribution >= 4 is 29.1 Å². The molecule has 0 N–H and O–H groups in total. The largest absolute Gasteiger partial charge is 0.411 e. The molecule has 8 nitrogen and oxygen atoms in total. The Kier molecular flexibility index (Phi) is 3.98. The van der Waals surface area contributed by atoms with Crippen molar-refractivity contribution in [3.8, 4) is 11.5 Å². The van der Waals surface area contributed by atoms with Gasteiger partial charge in [-0.15, -0.1) is 10.2 Å². The molecule has 0 aliphatic rings. The number of hydrogen-bond acceptors (Lipinski definition) is 8. The predicted molar refractivity (Wildman–Crippen MR) is 77.6 cm³/mol. The Morgan fingerprint density at radius 2 is 1.82 bits per heavy atom. The molecule has 0 fully saturated rings. The highest BCUT2D eigenvalue weighted by atomic mass is 35.5. The topological polar surface area (TPSA) is 108 Å². The minimum Gasteiger partial charge on any atom is -0.411 e. The van der Waals surface area contributed by atoms with Crippen LogP contribution in [0.5, 0.6) is 0 Å². The van der Waals surface area contributed by atoms with Crippen molar-refractivity contribution in [2.75, 3.05) is 0 Å². The Labute approximate surface area is 132 Å². The fourth-order valence-corrected chi connectivity index (χ4v) is 2.19. The van der Waals surface area contributed by atoms with Gasteiger partial charge >= 0.3 is 5.69 Å². The lowest BCUT2D eigenvalue weighted by atomic mass is 10.2. The highest BCUT2D eigenvalue weighted by molar-refractivity contribution is 7.98. The van der Waals surface area contributed by atoms with Crippen LogP contribution in [0.1, 0.15) is 0 Å². The SMILES string of the molecule is O=[N+]([O-])c1cnc(Sc2nnc(-c3ccc(Cl)cc3)o2)nc1. The van der Waals surface area contributed by atoms with Crippen LogP contribution in [0.4, 0.5) is 5.69 Å². The molecule has 110 valence electrons. The fraction of sp³-hybridized carbons (Fsp3) is 0. The zero-order chi connectivity index (χ0) is 15.5. The Hall–Kier alpha value is -2.52. The highest BCUT2D eigenvalue weighted by Crippen LogP contribution is 2.27. The standard InChI is InChI=1S/C12H6ClN5O3S/c13-8-3-1-7(2-4-8)10-16-17-12(21-10)22-11-14-5-9(6-15-11)18(19)20/h1-6H. The van der Waals surface area contributed by atoms with Gasteiger partial charge in [0.2, 0.25) is 5.89 Å². The van der Waals surface area contributed by atoms with Crippen molar-refractivity contribution in [2.45, 2.75) is 10.4 Å². The summed E-state index contributed by atoms with van der Waals surface area (Å²) in [5.74, 6) is 0.334. The Morgan fingerprint density at radius 3 is 2.45 bits per heavy atom. The van der Waals surface area contributed by atoms with Crippen molar-refractivity contribution in [1.29, 1.82) is 0 Å². The lowest BCUT2D eigenvalue weighted by Gasteiger charge is -1.95. The first-order valence-electron chi connectivity index (χ1n) is 5.85. The smallest absolute Gasteiger partial charge is 0.305 e. The first-order chi connectivity index (χ1) is 10.6. The molecular formula is C12H6ClN5O3S. The zero-order valence-corrected chi connectivity index (χ0v) is 12.3. The van der Waals surface area contributed by atoms with Gasteiger partial charge in [-0.05, 0) is 24.3 Å². The molecule has 3 aromatic rings. The first-order valence-corrected chi connectivity index (χ1v) is 7.05. The number of nitro groups is 1. The number of aromatic nitrogens is 4. The van der Waals surface area contributed by atoms with E-state index >= 15 is 0 Å². The molecular weight excluding hydrogens is 330 g/mol. The van der Waals surface area contributed by atoms with Gasteiger partial charge in [0.05, 0.1) is 4.92 Å². The lowest BCUT2D eigenvalue weighted by Crippen LogP contribution is -1.92. The van der Waals surface area contributed by atoms with Crippen LogP contribution in [0.15, 0.2) is 51.5 Å². The quantitative estimate of drug-likeness (QED) is 0.406. The van der Waals surface area contributed by atoms with Gasteiger partial charge < -0.3 is 4.42 Å². The summed E-state index contributed by atoms with van der Waals surface area (Å²) in [6.45, 7) is 0. The molecule has 0 aliphatic heterocycles. The molecule has 0 unspecified atom stereocenters. The molecule has 0 radical (unpaired) electrons. The van der Waals surface area contributed by atoms with Crippen LogP contribution >= 0.6 is 23.4 Å². The molecule has 0 saturated heterocycles. The van der Waals surface area contributed by atoms with Gasteiger partial charge in [-0.1, -0.05) is 11.6 Å². The van der Waals surface area contributed by atoms with E-state index in [4.69, 9.17) is 16.0 Å². The molecule has 0 saturated carbocycles. The normalized spacial score (nSPS) is 10.6. The second-order valence-electron chi connectivity index (χ2n) is 3.96. The van der Waals surface area contributed by atoms with Gasteiger partial charge in [-0.25, -0.2) is 9.97 Å². The van der Waals surface area contributed by atoms with Gasteiger partial charge in [0.1, 0.15) is 12.4 Å². The van der Waals surface area contributed by atoms with E-state index in [1.165, 1.54) is 0 Å². The van der Waals surface area contributed by atoms with Crippen LogP contribution in [-0.2, 0) is 0 Å². The summed E-state index contributed by atoms with van der Waals surface area (Å²) in [4.78, 5) is 17.7. The van der Waals surface area contributed by atoms with Gasteiger partial charge in [-0.3, -0.25) is 10.1 Å². The van der Waals surface area contributed by atoms with Gasteiger partial charge in [0, 0.05) is 22.3 Å². The van der Waals surface area contributed by atoms with Crippen molar-refractivity contribution in [3.63, 3.8) is 0 Å². The third-order valence-corrected chi connectivity index (χ3v) is 3.49. The van der Waals surface area contributed by atoms with E-state index in [-0.39, 0.29) is 16.1 Å². The van der Waals surface area contributed by atoms with E-state index in [0.717, 1.165) is 29.7 Å². The third kappa shape index (κ3) is 3.21. The van der Waals surface area contributed by atoms with Crippen molar-refractivity contribution in [3.05, 3.63) is 51.8 Å². The molecule has 0 atom stereocenters. The number of hydrogen-bond donors (Lipinski definition) is 0. The molecule has 10 heteroatoms. The van der Waals surface area contributed by atoms with Crippen molar-refractivity contribution in [2.24, 2.45) is 0 Å². The summed E-state index contributed by atoms with van der Waals surface area (Å²) in [6, 6.07) is 6.94. The van der Waals surface area contributed by atoms with E-state index in [0.29, 0.717) is 10.9 Å². The molecule has 2 aromatic heterocycles. The Morgan fingerprint density at radius 1 is 1.14 bits per heavy atom. The second-order valence-corrected chi connectivity index (χ2v) is 5.32. The van der Waals surface area contributed by atoms with E-state index in [1.54, 1.807) is 24.3 Å². The Bertz CT molecular complexity index is 806. The number of rotatable bonds is 4. The maximum absolute atomic E-state index is 10.5. The maximum Gasteiger partial charge on any atom is 0.305 e. The number of benzene rings is 1. The Balaban J connectivity index is 1.76. The molecule has 0 bridgehead atoms. The van der Waals surface area contributed by atoms with Crippen molar-refractivity contribution < 1.29 is 9.34 Å². The van der Waals surface area contributed by atoms with Gasteiger partial charge in [-0.2, -0.15) is 0 Å². The summed E-state index contributed by atoms with van der Waals surface area (Å²) in [6.07, 6.45) is 2.23. The average molecular weight is 336 g/mol. The van der Waals surface area contributed by atoms with E-state index in [9.17, 15) is 10.1 Å². The van der Waals surface area contributed by atoms with E-state index < -0.39 is 4.92 Å². The van der Waals surface area contributed by atoms with Crippen LogP contribution < -0.4 is 0 Å². The summed E-state index contributed by atoms with van der Waals surface area (Å²) < 4.78 is 5.47. The fourth-order valence-electron chi connectivity index (χ4n) is 1.49. The van der Waals surface area contributed by atoms with Crippen LogP contribution in [0.25, 0.3) is 11.5 Å². The van der Waals surface area contributed by atoms with Crippen LogP contribution in [0.2, 0.25) is 5.02 Å². The monoisotopic (exact) mass is 335 g/mol. The summed E-state index contributed by atoms with van der Waals surface area (Å²) in [5, 5.41) is 19.4. The zero-order valence-electron chi connectivity index (χ0n) is 10.7. The van der Waals surface area contributed by atoms with Crippen LogP contribution in [0, 0.1) is 10.1 Å². The van der Waals surface area contributed by atoms with Crippen LogP contribution in [0.3, 0.4) is 0 Å². The number of nitrogens with zero attached hydrogens (tertiary/aromatic N) is 5. The lowest BCUT2D eigenvalue weighted by molar-refractivity contribution is -0.385. The number of halogens is 1. The maximum atomic E-state index is 10.5. The molecule has 3 rings (SSSR count). The molecule has 0 amide bonds. The minimum atomic E-state index is -0.570. The second kappa shape index (κ2) is 6.08. The molecule has 0 spiro atoms. The molecule has 2 heterocycles. The van der Waals surface area contributed by atoms with E-state index in [2.05, 4.69) is 20.2 Å². The minimum absolute atomic E-state index is 0.184. The van der Waals surface area contributed by atoms with Gasteiger partial charge in [0.15, 0.2) is 5.16 Å². The van der Waals surface area contributed by atoms with Gasteiger partial charge in [0.25, 0.3) is 5.22 Å². The summed E-state index contributed by atoms with van der Waals surface area (Å²) in [7, 11) is 0. The summed E-state index contributed by atoms with van der Waals surface area (Å²) in [5.41, 5.74) is 0.546. The first kappa shape index (κ1) is 14.4. The third-order valence-electron chi connectivity index (χ3n) is 2.50. The summed E-state index contributed by atoms with van der Waals surface area (Å²) >= 11 is 6.83. The highest BCUT2D eigenvalue weighted by Gasteiger charge is 2.13.